The number of carbonyl (C=O) groups is 1. The molecule has 5 nitrogen and oxygen atoms in total. The maximum Gasteiger partial charge on any atom is 0.259 e. The van der Waals surface area contributed by atoms with Crippen LogP contribution in [0.3, 0.4) is 0 Å². The van der Waals surface area contributed by atoms with Gasteiger partial charge in [-0.15, -0.1) is 0 Å². The first kappa shape index (κ1) is 18.9. The average Bonchev–Trinajstić information content (AvgIpc) is 2.62. The molecule has 1 amide bonds. The second-order valence-corrected chi connectivity index (χ2v) is 6.48. The molecule has 1 N–H and O–H groups in total. The molecule has 0 aliphatic rings. The summed E-state index contributed by atoms with van der Waals surface area (Å²) in [6, 6.07) is 11.0. The van der Waals surface area contributed by atoms with Gasteiger partial charge in [-0.2, -0.15) is 0 Å². The van der Waals surface area contributed by atoms with Gasteiger partial charge in [-0.05, 0) is 42.5 Å². The summed E-state index contributed by atoms with van der Waals surface area (Å²) in [7, 11) is 1.60. The number of nitrogens with one attached hydrogen (secondary N) is 1. The van der Waals surface area contributed by atoms with Gasteiger partial charge in [0.1, 0.15) is 17.3 Å². The molecule has 2 aromatic carbocycles. The molecule has 0 atom stereocenters. The van der Waals surface area contributed by atoms with Crippen LogP contribution in [0, 0.1) is 5.82 Å². The van der Waals surface area contributed by atoms with E-state index in [1.165, 1.54) is 41.1 Å². The largest absolute Gasteiger partial charge is 0.455 e. The maximum atomic E-state index is 13.2. The lowest BCUT2D eigenvalue weighted by Gasteiger charge is -2.13. The molecule has 3 rings (SSSR count). The fourth-order valence-electron chi connectivity index (χ4n) is 2.27. The Labute approximate surface area is 163 Å². The van der Waals surface area contributed by atoms with Gasteiger partial charge in [-0.25, -0.2) is 4.39 Å². The fourth-order valence-corrected chi connectivity index (χ4v) is 2.65. The van der Waals surface area contributed by atoms with Gasteiger partial charge in [0.05, 0.1) is 10.6 Å². The van der Waals surface area contributed by atoms with E-state index in [0.717, 1.165) is 6.07 Å². The molecule has 0 aliphatic heterocycles. The van der Waals surface area contributed by atoms with E-state index in [2.05, 4.69) is 5.32 Å². The topological polar surface area (TPSA) is 60.3 Å². The van der Waals surface area contributed by atoms with Crippen LogP contribution in [-0.4, -0.2) is 10.5 Å². The van der Waals surface area contributed by atoms with E-state index in [1.54, 1.807) is 19.2 Å². The van der Waals surface area contributed by atoms with Crippen molar-refractivity contribution in [2.75, 3.05) is 5.32 Å². The van der Waals surface area contributed by atoms with Crippen molar-refractivity contribution in [3.63, 3.8) is 0 Å². The molecule has 0 saturated carbocycles. The normalized spacial score (nSPS) is 10.5. The van der Waals surface area contributed by atoms with Crippen molar-refractivity contribution >= 4 is 34.8 Å². The minimum atomic E-state index is -0.529. The Morgan fingerprint density at radius 2 is 1.81 bits per heavy atom. The molecule has 0 radical (unpaired) electrons. The second-order valence-electron chi connectivity index (χ2n) is 5.64. The summed E-state index contributed by atoms with van der Waals surface area (Å²) in [5, 5.41) is 3.00. The standard InChI is InChI=1S/C19H13Cl2FN2O3/c1-24-7-6-13(10-18(24)25)23-19(26)14-8-11(20)2-4-16(14)27-17-5-3-12(22)9-15(17)21/h2-10H,1H3,(H,23,26). The van der Waals surface area contributed by atoms with Crippen molar-refractivity contribution in [2.45, 2.75) is 0 Å². The second kappa shape index (κ2) is 7.82. The van der Waals surface area contributed by atoms with Crippen LogP contribution < -0.4 is 15.6 Å². The highest BCUT2D eigenvalue weighted by molar-refractivity contribution is 6.32. The molecule has 0 bridgehead atoms. The number of carbonyl (C=O) groups excluding carboxylic acids is 1. The predicted octanol–water partition coefficient (Wildman–Crippen LogP) is 4.88. The molecular formula is C19H13Cl2FN2O3. The van der Waals surface area contributed by atoms with Gasteiger partial charge in [0.15, 0.2) is 0 Å². The van der Waals surface area contributed by atoms with E-state index in [0.29, 0.717) is 10.7 Å². The summed E-state index contributed by atoms with van der Waals surface area (Å²) < 4.78 is 20.2. The number of hydrogen-bond acceptors (Lipinski definition) is 3. The summed E-state index contributed by atoms with van der Waals surface area (Å²) >= 11 is 12.0. The van der Waals surface area contributed by atoms with Crippen LogP contribution in [0.2, 0.25) is 10.0 Å². The molecule has 0 aliphatic carbocycles. The summed E-state index contributed by atoms with van der Waals surface area (Å²) in [6.07, 6.45) is 1.53. The number of halogens is 3. The quantitative estimate of drug-likeness (QED) is 0.671. The first-order valence-corrected chi connectivity index (χ1v) is 8.49. The van der Waals surface area contributed by atoms with Gasteiger partial charge >= 0.3 is 0 Å². The van der Waals surface area contributed by atoms with Crippen LogP contribution in [0.1, 0.15) is 10.4 Å². The number of aryl methyl sites for hydroxylation is 1. The number of rotatable bonds is 4. The summed E-state index contributed by atoms with van der Waals surface area (Å²) in [5.41, 5.74) is 0.186. The Hall–Kier alpha value is -2.83. The zero-order valence-corrected chi connectivity index (χ0v) is 15.5. The van der Waals surface area contributed by atoms with Gasteiger partial charge < -0.3 is 14.6 Å². The third-order valence-corrected chi connectivity index (χ3v) is 4.19. The Balaban J connectivity index is 1.92. The van der Waals surface area contributed by atoms with Gasteiger partial charge in [0.2, 0.25) is 0 Å². The summed E-state index contributed by atoms with van der Waals surface area (Å²) in [6.45, 7) is 0. The smallest absolute Gasteiger partial charge is 0.259 e. The average molecular weight is 407 g/mol. The van der Waals surface area contributed by atoms with Gasteiger partial charge in [-0.3, -0.25) is 9.59 Å². The van der Waals surface area contributed by atoms with Gasteiger partial charge in [0, 0.05) is 30.0 Å². The number of pyridine rings is 1. The zero-order chi connectivity index (χ0) is 19.6. The molecule has 0 fully saturated rings. The molecule has 27 heavy (non-hydrogen) atoms. The highest BCUT2D eigenvalue weighted by Crippen LogP contribution is 2.33. The molecule has 0 spiro atoms. The van der Waals surface area contributed by atoms with E-state index in [9.17, 15) is 14.0 Å². The van der Waals surface area contributed by atoms with Crippen LogP contribution in [0.25, 0.3) is 0 Å². The third kappa shape index (κ3) is 4.48. The van der Waals surface area contributed by atoms with Crippen molar-refractivity contribution in [2.24, 2.45) is 7.05 Å². The number of anilines is 1. The predicted molar refractivity (Wildman–Crippen MR) is 103 cm³/mol. The van der Waals surface area contributed by atoms with Crippen LogP contribution >= 0.6 is 23.2 Å². The fraction of sp³-hybridized carbons (Fsp3) is 0.0526. The Morgan fingerprint density at radius 1 is 1.07 bits per heavy atom. The van der Waals surface area contributed by atoms with Crippen LogP contribution in [-0.2, 0) is 7.05 Å². The zero-order valence-electron chi connectivity index (χ0n) is 14.0. The Kier molecular flexibility index (Phi) is 5.48. The summed E-state index contributed by atoms with van der Waals surface area (Å²) in [5.74, 6) is -0.677. The number of hydrogen-bond donors (Lipinski definition) is 1. The van der Waals surface area contributed by atoms with Crippen LogP contribution in [0.4, 0.5) is 10.1 Å². The lowest BCUT2D eigenvalue weighted by Crippen LogP contribution is -2.18. The van der Waals surface area contributed by atoms with Crippen LogP contribution in [0.5, 0.6) is 11.5 Å². The van der Waals surface area contributed by atoms with Gasteiger partial charge in [0.25, 0.3) is 11.5 Å². The number of nitrogens with zero attached hydrogens (tertiary/aromatic N) is 1. The Morgan fingerprint density at radius 3 is 2.52 bits per heavy atom. The van der Waals surface area contributed by atoms with Crippen molar-refractivity contribution in [3.05, 3.63) is 86.5 Å². The molecular weight excluding hydrogens is 394 g/mol. The van der Waals surface area contributed by atoms with E-state index < -0.39 is 11.7 Å². The first-order chi connectivity index (χ1) is 12.8. The molecule has 0 unspecified atom stereocenters. The molecule has 138 valence electrons. The molecule has 1 aromatic heterocycles. The van der Waals surface area contributed by atoms with E-state index in [4.69, 9.17) is 27.9 Å². The SMILES string of the molecule is Cn1ccc(NC(=O)c2cc(Cl)ccc2Oc2ccc(F)cc2Cl)cc1=O. The van der Waals surface area contributed by atoms with E-state index in [-0.39, 0.29) is 27.6 Å². The number of benzene rings is 2. The lowest BCUT2D eigenvalue weighted by molar-refractivity contribution is 0.102. The molecule has 8 heteroatoms. The number of ether oxygens (including phenoxy) is 1. The highest BCUT2D eigenvalue weighted by atomic mass is 35.5. The first-order valence-electron chi connectivity index (χ1n) is 7.74. The van der Waals surface area contributed by atoms with Crippen molar-refractivity contribution in [1.29, 1.82) is 0 Å². The van der Waals surface area contributed by atoms with Crippen LogP contribution in [0.15, 0.2) is 59.5 Å². The van der Waals surface area contributed by atoms with E-state index >= 15 is 0 Å². The number of aromatic nitrogens is 1. The lowest BCUT2D eigenvalue weighted by atomic mass is 10.1. The molecule has 1 heterocycles. The van der Waals surface area contributed by atoms with E-state index in [1.807, 2.05) is 0 Å². The number of amides is 1. The van der Waals surface area contributed by atoms with Gasteiger partial charge in [-0.1, -0.05) is 23.2 Å². The molecule has 3 aromatic rings. The monoisotopic (exact) mass is 406 g/mol. The van der Waals surface area contributed by atoms with Crippen molar-refractivity contribution < 1.29 is 13.9 Å². The maximum absolute atomic E-state index is 13.2. The minimum Gasteiger partial charge on any atom is -0.455 e. The highest BCUT2D eigenvalue weighted by Gasteiger charge is 2.16. The minimum absolute atomic E-state index is 0.0582. The Bertz CT molecular complexity index is 1080. The third-order valence-electron chi connectivity index (χ3n) is 3.66. The molecule has 0 saturated heterocycles. The van der Waals surface area contributed by atoms with Crippen molar-refractivity contribution in [3.8, 4) is 11.5 Å². The summed E-state index contributed by atoms with van der Waals surface area (Å²) in [4.78, 5) is 24.4. The van der Waals surface area contributed by atoms with Crippen molar-refractivity contribution in [1.82, 2.24) is 4.57 Å².